The average Bonchev–Trinajstić information content (AvgIpc) is 3.45. The first-order valence-corrected chi connectivity index (χ1v) is 9.71. The van der Waals surface area contributed by atoms with E-state index in [2.05, 4.69) is 25.7 Å². The molecule has 2 aromatic heterocycles. The van der Waals surface area contributed by atoms with Gasteiger partial charge >= 0.3 is 0 Å². The molecule has 1 amide bonds. The minimum atomic E-state index is -2.60. The molecule has 1 fully saturated rings. The van der Waals surface area contributed by atoms with Gasteiger partial charge in [0.15, 0.2) is 10.9 Å². The van der Waals surface area contributed by atoms with E-state index in [1.54, 1.807) is 18.1 Å². The van der Waals surface area contributed by atoms with Crippen molar-refractivity contribution in [1.82, 2.24) is 30.5 Å². The van der Waals surface area contributed by atoms with Crippen molar-refractivity contribution < 1.29 is 13.6 Å². The average molecular weight is 431 g/mol. The predicted molar refractivity (Wildman–Crippen MR) is 113 cm³/mol. The van der Waals surface area contributed by atoms with Gasteiger partial charge in [-0.3, -0.25) is 4.79 Å². The van der Waals surface area contributed by atoms with E-state index in [0.717, 1.165) is 24.0 Å². The highest BCUT2D eigenvalue weighted by molar-refractivity contribution is 6.29. The number of rotatable bonds is 7. The summed E-state index contributed by atoms with van der Waals surface area (Å²) < 4.78 is 27.3. The van der Waals surface area contributed by atoms with Crippen LogP contribution in [0.5, 0.6) is 5.75 Å². The number of hydrogen-bond donors (Lipinski definition) is 2. The lowest BCUT2D eigenvalue weighted by Gasteiger charge is -2.17. The van der Waals surface area contributed by atoms with Crippen LogP contribution in [0.2, 0.25) is 5.15 Å². The molecule has 3 aromatic rings. The number of ether oxygens (including phenoxy) is 1. The molecule has 10 heteroatoms. The van der Waals surface area contributed by atoms with Gasteiger partial charge in [0.25, 0.3) is 0 Å². The van der Waals surface area contributed by atoms with Gasteiger partial charge in [-0.15, -0.1) is 5.10 Å². The second kappa shape index (κ2) is 8.27. The molecule has 156 valence electrons. The zero-order chi connectivity index (χ0) is 23.8. The highest BCUT2D eigenvalue weighted by Crippen LogP contribution is 2.40. The minimum absolute atomic E-state index is 0.108. The molecule has 2 heterocycles. The zero-order valence-corrected chi connectivity index (χ0v) is 17.2. The third-order valence-electron chi connectivity index (χ3n) is 4.67. The number of carbonyl (C=O) groups is 1. The Morgan fingerprint density at radius 2 is 2.17 bits per heavy atom. The highest BCUT2D eigenvalue weighted by Gasteiger charge is 2.26. The second-order valence-electron chi connectivity index (χ2n) is 7.05. The molecule has 1 aliphatic rings. The molecule has 0 spiro atoms. The third kappa shape index (κ3) is 4.20. The SMILES string of the molecule is [2H]C([2H])([2H])NC(=O)Cc1nnc(Cl)cc1Nc1cc(C)cc(-c2cnn(C3CC3)n2)c1OC. The number of hydrogen-bond acceptors (Lipinski definition) is 7. The second-order valence-corrected chi connectivity index (χ2v) is 7.44. The van der Waals surface area contributed by atoms with Crippen LogP contribution in [0.3, 0.4) is 0 Å². The highest BCUT2D eigenvalue weighted by atomic mass is 35.5. The number of benzene rings is 1. The molecule has 0 bridgehead atoms. The number of nitrogens with one attached hydrogen (secondary N) is 2. The van der Waals surface area contributed by atoms with Gasteiger partial charge < -0.3 is 15.4 Å². The van der Waals surface area contributed by atoms with E-state index in [4.69, 9.17) is 20.5 Å². The van der Waals surface area contributed by atoms with Crippen LogP contribution in [-0.2, 0) is 11.2 Å². The summed E-state index contributed by atoms with van der Waals surface area (Å²) in [6.07, 6.45) is 3.54. The smallest absolute Gasteiger partial charge is 0.225 e. The number of anilines is 2. The van der Waals surface area contributed by atoms with E-state index in [1.807, 2.05) is 24.4 Å². The molecule has 1 aliphatic carbocycles. The van der Waals surface area contributed by atoms with Gasteiger partial charge in [-0.2, -0.15) is 20.1 Å². The maximum Gasteiger partial charge on any atom is 0.225 e. The number of carbonyl (C=O) groups excluding carboxylic acids is 1. The Balaban J connectivity index is 1.68. The molecule has 0 radical (unpaired) electrons. The molecular formula is C20H22ClN7O2. The van der Waals surface area contributed by atoms with Crippen LogP contribution in [0.4, 0.5) is 11.4 Å². The van der Waals surface area contributed by atoms with E-state index in [9.17, 15) is 4.79 Å². The quantitative estimate of drug-likeness (QED) is 0.593. The Labute approximate surface area is 183 Å². The number of aromatic nitrogens is 5. The van der Waals surface area contributed by atoms with Gasteiger partial charge in [0.1, 0.15) is 5.69 Å². The standard InChI is InChI=1S/C20H22ClN7O2/c1-11-6-13(17-10-23-28(27-17)12-4-5-12)20(30-3)16(7-11)24-14-8-18(21)26-25-15(14)9-19(29)22-2/h6-8,10,12H,4-5,9H2,1-3H3,(H,22,29)(H,24,26)/i2D3. The van der Waals surface area contributed by atoms with Crippen molar-refractivity contribution >= 4 is 28.9 Å². The summed E-state index contributed by atoms with van der Waals surface area (Å²) in [5.41, 5.74) is 3.58. The first-order chi connectivity index (χ1) is 15.6. The van der Waals surface area contributed by atoms with E-state index >= 15 is 0 Å². The molecule has 2 N–H and O–H groups in total. The molecule has 1 saturated carbocycles. The van der Waals surface area contributed by atoms with Gasteiger partial charge in [0, 0.05) is 22.7 Å². The Morgan fingerprint density at radius 1 is 1.33 bits per heavy atom. The van der Waals surface area contributed by atoms with E-state index in [0.29, 0.717) is 28.9 Å². The van der Waals surface area contributed by atoms with Crippen molar-refractivity contribution in [1.29, 1.82) is 0 Å². The fraction of sp³-hybridized carbons (Fsp3) is 0.350. The van der Waals surface area contributed by atoms with E-state index in [1.165, 1.54) is 6.07 Å². The summed E-state index contributed by atoms with van der Waals surface area (Å²) in [5.74, 6) is -0.197. The lowest BCUT2D eigenvalue weighted by molar-refractivity contribution is -0.120. The summed E-state index contributed by atoms with van der Waals surface area (Å²) in [7, 11) is 1.55. The summed E-state index contributed by atoms with van der Waals surface area (Å²) in [6, 6.07) is 5.68. The summed E-state index contributed by atoms with van der Waals surface area (Å²) in [6.45, 7) is -0.668. The lowest BCUT2D eigenvalue weighted by Crippen LogP contribution is -2.21. The van der Waals surface area contributed by atoms with E-state index in [-0.39, 0.29) is 17.3 Å². The van der Waals surface area contributed by atoms with Gasteiger partial charge in [-0.25, -0.2) is 0 Å². The van der Waals surface area contributed by atoms with Crippen LogP contribution in [0.1, 0.15) is 34.3 Å². The number of likely N-dealkylation sites (N-methyl/N-ethyl adjacent to an activating group) is 1. The molecule has 4 rings (SSSR count). The van der Waals surface area contributed by atoms with Crippen LogP contribution in [0.25, 0.3) is 11.3 Å². The fourth-order valence-electron chi connectivity index (χ4n) is 3.13. The van der Waals surface area contributed by atoms with Crippen molar-refractivity contribution in [2.75, 3.05) is 19.4 Å². The van der Waals surface area contributed by atoms with Gasteiger partial charge in [-0.05, 0) is 37.5 Å². The van der Waals surface area contributed by atoms with Crippen molar-refractivity contribution in [3.05, 3.63) is 40.8 Å². The predicted octanol–water partition coefficient (Wildman–Crippen LogP) is 3.07. The van der Waals surface area contributed by atoms with Crippen molar-refractivity contribution in [2.45, 2.75) is 32.2 Å². The Kier molecular flexibility index (Phi) is 4.57. The normalized spacial score (nSPS) is 15.1. The molecule has 0 unspecified atom stereocenters. The van der Waals surface area contributed by atoms with Crippen LogP contribution < -0.4 is 15.4 Å². The van der Waals surface area contributed by atoms with Crippen LogP contribution in [-0.4, -0.2) is 45.2 Å². The largest absolute Gasteiger partial charge is 0.494 e. The molecule has 30 heavy (non-hydrogen) atoms. The van der Waals surface area contributed by atoms with Gasteiger partial charge in [0.2, 0.25) is 5.91 Å². The maximum atomic E-state index is 12.2. The number of halogens is 1. The topological polar surface area (TPSA) is 107 Å². The molecule has 9 nitrogen and oxygen atoms in total. The van der Waals surface area contributed by atoms with Gasteiger partial charge in [-0.1, -0.05) is 11.6 Å². The Bertz CT molecular complexity index is 1190. The number of methoxy groups -OCH3 is 1. The molecule has 1 aromatic carbocycles. The van der Waals surface area contributed by atoms with Crippen LogP contribution >= 0.6 is 11.6 Å². The minimum Gasteiger partial charge on any atom is -0.494 e. The third-order valence-corrected chi connectivity index (χ3v) is 4.86. The molecule has 0 aliphatic heterocycles. The zero-order valence-electron chi connectivity index (χ0n) is 19.4. The molecule has 0 atom stereocenters. The number of aryl methyl sites for hydroxylation is 1. The Hall–Kier alpha value is -3.20. The lowest BCUT2D eigenvalue weighted by atomic mass is 10.1. The summed E-state index contributed by atoms with van der Waals surface area (Å²) in [4.78, 5) is 13.9. The van der Waals surface area contributed by atoms with Crippen molar-refractivity contribution in [3.63, 3.8) is 0 Å². The van der Waals surface area contributed by atoms with Crippen LogP contribution in [0.15, 0.2) is 24.4 Å². The van der Waals surface area contributed by atoms with Crippen molar-refractivity contribution in [2.24, 2.45) is 0 Å². The maximum absolute atomic E-state index is 12.2. The van der Waals surface area contributed by atoms with E-state index < -0.39 is 12.9 Å². The molecule has 0 saturated heterocycles. The van der Waals surface area contributed by atoms with Gasteiger partial charge in [0.05, 0.1) is 42.8 Å². The summed E-state index contributed by atoms with van der Waals surface area (Å²) >= 11 is 6.04. The Morgan fingerprint density at radius 3 is 2.90 bits per heavy atom. The first kappa shape index (κ1) is 16.6. The van der Waals surface area contributed by atoms with Crippen LogP contribution in [0, 0.1) is 6.92 Å². The monoisotopic (exact) mass is 430 g/mol. The first-order valence-electron chi connectivity index (χ1n) is 10.8. The number of amides is 1. The van der Waals surface area contributed by atoms with Crippen molar-refractivity contribution in [3.8, 4) is 17.0 Å². The number of nitrogens with zero attached hydrogens (tertiary/aromatic N) is 5. The fourth-order valence-corrected chi connectivity index (χ4v) is 3.28. The molecular weight excluding hydrogens is 406 g/mol. The summed E-state index contributed by atoms with van der Waals surface area (Å²) in [5, 5.41) is 22.0.